The molecule has 144 valence electrons. The molecular weight excluding hydrogens is 374 g/mol. The largest absolute Gasteiger partial charge is 0.497 e. The van der Waals surface area contributed by atoms with E-state index in [2.05, 4.69) is 27.8 Å². The number of nitro benzene ring substituents is 3. The molecule has 1 N–H and O–H groups in total. The zero-order chi connectivity index (χ0) is 20.4. The number of fused-ring (bicyclic) bond motifs is 3. The molecule has 0 saturated heterocycles. The molecule has 0 radical (unpaired) electrons. The highest BCUT2D eigenvalue weighted by Gasteiger charge is 2.30. The maximum absolute atomic E-state index is 10.4. The van der Waals surface area contributed by atoms with Gasteiger partial charge in [0.1, 0.15) is 5.82 Å². The first kappa shape index (κ1) is 18.7. The van der Waals surface area contributed by atoms with Crippen molar-refractivity contribution in [2.24, 2.45) is 0 Å². The Balaban J connectivity index is 0.000000166. The number of aromatic nitrogens is 2. The molecule has 12 nitrogen and oxygen atoms in total. The van der Waals surface area contributed by atoms with E-state index in [4.69, 9.17) is 5.11 Å². The summed E-state index contributed by atoms with van der Waals surface area (Å²) in [7, 11) is 0. The van der Waals surface area contributed by atoms with Gasteiger partial charge in [0.25, 0.3) is 11.4 Å². The lowest BCUT2D eigenvalue weighted by atomic mass is 10.2. The first-order valence-electron chi connectivity index (χ1n) is 8.04. The number of benzene rings is 2. The van der Waals surface area contributed by atoms with Gasteiger partial charge < -0.3 is 9.67 Å². The van der Waals surface area contributed by atoms with Gasteiger partial charge in [0, 0.05) is 13.0 Å². The van der Waals surface area contributed by atoms with Crippen LogP contribution < -0.4 is 0 Å². The van der Waals surface area contributed by atoms with Crippen molar-refractivity contribution in [3.63, 3.8) is 0 Å². The molecule has 1 aliphatic rings. The van der Waals surface area contributed by atoms with Gasteiger partial charge in [-0.3, -0.25) is 30.3 Å². The van der Waals surface area contributed by atoms with Crippen LogP contribution >= 0.6 is 0 Å². The number of aromatic hydroxyl groups is 1. The Kier molecular flexibility index (Phi) is 4.85. The van der Waals surface area contributed by atoms with Gasteiger partial charge in [-0.1, -0.05) is 12.1 Å². The normalized spacial score (nSPS) is 12.1. The lowest BCUT2D eigenvalue weighted by Crippen LogP contribution is -1.97. The molecule has 0 unspecified atom stereocenters. The van der Waals surface area contributed by atoms with E-state index in [0.29, 0.717) is 12.1 Å². The van der Waals surface area contributed by atoms with E-state index in [-0.39, 0.29) is 0 Å². The van der Waals surface area contributed by atoms with Gasteiger partial charge in [0.05, 0.1) is 37.9 Å². The fourth-order valence-electron chi connectivity index (χ4n) is 2.93. The maximum Gasteiger partial charge on any atom is 0.324 e. The maximum atomic E-state index is 10.4. The molecule has 0 bridgehead atoms. The molecule has 12 heteroatoms. The summed E-state index contributed by atoms with van der Waals surface area (Å²) in [5, 5.41) is 40.2. The Bertz CT molecular complexity index is 1070. The van der Waals surface area contributed by atoms with E-state index in [9.17, 15) is 30.3 Å². The molecule has 28 heavy (non-hydrogen) atoms. The van der Waals surface area contributed by atoms with Gasteiger partial charge in [0.2, 0.25) is 0 Å². The van der Waals surface area contributed by atoms with Crippen LogP contribution in [0.2, 0.25) is 0 Å². The van der Waals surface area contributed by atoms with E-state index in [1.54, 1.807) is 0 Å². The zero-order valence-corrected chi connectivity index (χ0v) is 14.2. The fourth-order valence-corrected chi connectivity index (χ4v) is 2.93. The average Bonchev–Trinajstić information content (AvgIpc) is 3.22. The van der Waals surface area contributed by atoms with Crippen LogP contribution in [0.3, 0.4) is 0 Å². The summed E-state index contributed by atoms with van der Waals surface area (Å²) in [4.78, 5) is 32.3. The number of non-ortho nitro benzene ring substituents is 1. The highest BCUT2D eigenvalue weighted by Crippen LogP contribution is 2.38. The van der Waals surface area contributed by atoms with Gasteiger partial charge in [-0.05, 0) is 18.6 Å². The summed E-state index contributed by atoms with van der Waals surface area (Å²) < 4.78 is 2.33. The van der Waals surface area contributed by atoms with Crippen molar-refractivity contribution < 1.29 is 19.9 Å². The molecule has 2 aromatic carbocycles. The minimum Gasteiger partial charge on any atom is -0.497 e. The SMILES string of the molecule is O=[N+]([O-])c1cc([N+](=O)[O-])c(O)c([N+](=O)[O-])c1.c1ccc2c(c1)nc1n2CCC1. The van der Waals surface area contributed by atoms with Crippen molar-refractivity contribution in [1.29, 1.82) is 0 Å². The van der Waals surface area contributed by atoms with Crippen LogP contribution in [-0.4, -0.2) is 29.4 Å². The number of nitrogens with zero attached hydrogens (tertiary/aromatic N) is 5. The third-order valence-corrected chi connectivity index (χ3v) is 4.17. The van der Waals surface area contributed by atoms with Gasteiger partial charge in [-0.2, -0.15) is 0 Å². The Morgan fingerprint density at radius 1 is 0.964 bits per heavy atom. The molecule has 0 spiro atoms. The van der Waals surface area contributed by atoms with E-state index < -0.39 is 37.6 Å². The number of phenolic OH excluding ortho intramolecular Hbond substituents is 1. The van der Waals surface area contributed by atoms with Gasteiger partial charge >= 0.3 is 11.4 Å². The van der Waals surface area contributed by atoms with Gasteiger partial charge in [0.15, 0.2) is 0 Å². The van der Waals surface area contributed by atoms with Gasteiger partial charge in [-0.15, -0.1) is 0 Å². The van der Waals surface area contributed by atoms with Crippen LogP contribution in [0.25, 0.3) is 11.0 Å². The highest BCUT2D eigenvalue weighted by molar-refractivity contribution is 5.76. The second-order valence-electron chi connectivity index (χ2n) is 5.88. The predicted octanol–water partition coefficient (Wildman–Crippen LogP) is 3.10. The number of rotatable bonds is 3. The van der Waals surface area contributed by atoms with Crippen molar-refractivity contribution in [2.75, 3.05) is 0 Å². The van der Waals surface area contributed by atoms with E-state index in [0.717, 1.165) is 18.5 Å². The fraction of sp³-hybridized carbons (Fsp3) is 0.188. The molecule has 3 aromatic rings. The second-order valence-corrected chi connectivity index (χ2v) is 5.88. The molecule has 1 aromatic heterocycles. The summed E-state index contributed by atoms with van der Waals surface area (Å²) in [6.07, 6.45) is 2.40. The third kappa shape index (κ3) is 3.42. The predicted molar refractivity (Wildman–Crippen MR) is 96.1 cm³/mol. The van der Waals surface area contributed by atoms with Crippen molar-refractivity contribution in [1.82, 2.24) is 9.55 Å². The lowest BCUT2D eigenvalue weighted by Gasteiger charge is -1.97. The number of nitro groups is 3. The third-order valence-electron chi connectivity index (χ3n) is 4.17. The molecule has 0 saturated carbocycles. The number of para-hydroxylation sites is 2. The quantitative estimate of drug-likeness (QED) is 0.528. The van der Waals surface area contributed by atoms with E-state index in [1.165, 1.54) is 17.8 Å². The minimum absolute atomic E-state index is 0.447. The van der Waals surface area contributed by atoms with Crippen LogP contribution in [0.5, 0.6) is 5.75 Å². The molecule has 4 rings (SSSR count). The molecule has 0 aliphatic carbocycles. The molecule has 1 aliphatic heterocycles. The standard InChI is InChI=1S/C10H10N2.C6H3N3O7/c1-2-5-9-8(4-1)11-10-6-3-7-12(9)10;10-6-4(8(13)14)1-3(7(11)12)2-5(6)9(15)16/h1-2,4-5H,3,6-7H2;1-2,10H. The van der Waals surface area contributed by atoms with Crippen LogP contribution in [0, 0.1) is 30.3 Å². The molecule has 0 fully saturated rings. The van der Waals surface area contributed by atoms with Gasteiger partial charge in [-0.25, -0.2) is 4.98 Å². The summed E-state index contributed by atoms with van der Waals surface area (Å²) in [5.74, 6) is 0.0526. The summed E-state index contributed by atoms with van der Waals surface area (Å²) in [6.45, 7) is 1.15. The van der Waals surface area contributed by atoms with Crippen LogP contribution in [0.4, 0.5) is 17.1 Å². The summed E-state index contributed by atoms with van der Waals surface area (Å²) in [5.41, 5.74) is -0.560. The highest BCUT2D eigenvalue weighted by atomic mass is 16.6. The summed E-state index contributed by atoms with van der Waals surface area (Å²) >= 11 is 0. The zero-order valence-electron chi connectivity index (χ0n) is 14.2. The van der Waals surface area contributed by atoms with Crippen molar-refractivity contribution in [3.8, 4) is 5.75 Å². The van der Waals surface area contributed by atoms with Crippen LogP contribution in [-0.2, 0) is 13.0 Å². The Hall–Kier alpha value is -4.09. The lowest BCUT2D eigenvalue weighted by molar-refractivity contribution is -0.404. The van der Waals surface area contributed by atoms with E-state index in [1.807, 2.05) is 6.07 Å². The van der Waals surface area contributed by atoms with Crippen LogP contribution in [0.15, 0.2) is 36.4 Å². The number of hydrogen-bond donors (Lipinski definition) is 1. The topological polar surface area (TPSA) is 167 Å². The van der Waals surface area contributed by atoms with E-state index >= 15 is 0 Å². The Morgan fingerprint density at radius 2 is 1.57 bits per heavy atom. The number of imidazole rings is 1. The van der Waals surface area contributed by atoms with Crippen molar-refractivity contribution in [2.45, 2.75) is 19.4 Å². The number of phenols is 1. The summed E-state index contributed by atoms with van der Waals surface area (Å²) in [6, 6.07) is 9.25. The number of hydrogen-bond acceptors (Lipinski definition) is 8. The Labute approximate surface area is 156 Å². The van der Waals surface area contributed by atoms with Crippen molar-refractivity contribution in [3.05, 3.63) is 72.6 Å². The first-order chi connectivity index (χ1) is 13.3. The molecule has 0 atom stereocenters. The Morgan fingerprint density at radius 3 is 2.14 bits per heavy atom. The first-order valence-corrected chi connectivity index (χ1v) is 8.04. The van der Waals surface area contributed by atoms with Crippen molar-refractivity contribution >= 4 is 28.1 Å². The molecular formula is C16H13N5O7. The molecule has 0 amide bonds. The molecule has 2 heterocycles. The monoisotopic (exact) mass is 387 g/mol. The average molecular weight is 387 g/mol. The smallest absolute Gasteiger partial charge is 0.324 e. The second kappa shape index (κ2) is 7.26. The number of aryl methyl sites for hydroxylation is 2. The van der Waals surface area contributed by atoms with Crippen LogP contribution in [0.1, 0.15) is 12.2 Å². The minimum atomic E-state index is -1.21.